The van der Waals surface area contributed by atoms with Gasteiger partial charge in [-0.25, -0.2) is 0 Å². The van der Waals surface area contributed by atoms with E-state index in [2.05, 4.69) is 16.7 Å². The van der Waals surface area contributed by atoms with Gasteiger partial charge in [0.15, 0.2) is 0 Å². The predicted molar refractivity (Wildman–Crippen MR) is 48.0 cm³/mol. The van der Waals surface area contributed by atoms with Gasteiger partial charge in [-0.3, -0.25) is 4.98 Å². The lowest BCUT2D eigenvalue weighted by atomic mass is 10.4. The van der Waals surface area contributed by atoms with Gasteiger partial charge < -0.3 is 4.84 Å². The van der Waals surface area contributed by atoms with E-state index in [0.29, 0.717) is 6.61 Å². The van der Waals surface area contributed by atoms with Crippen molar-refractivity contribution in [3.8, 4) is 0 Å². The first kappa shape index (κ1) is 8.46. The van der Waals surface area contributed by atoms with Crippen LogP contribution in [0.3, 0.4) is 0 Å². The molecule has 0 saturated carbocycles. The van der Waals surface area contributed by atoms with Gasteiger partial charge in [-0.15, -0.1) is 0 Å². The van der Waals surface area contributed by atoms with E-state index in [-0.39, 0.29) is 0 Å². The van der Waals surface area contributed by atoms with Crippen LogP contribution in [0.25, 0.3) is 0 Å². The third kappa shape index (κ3) is 2.96. The van der Waals surface area contributed by atoms with Crippen molar-refractivity contribution in [2.24, 2.45) is 5.16 Å². The second-order valence-corrected chi connectivity index (χ2v) is 2.07. The number of aromatic nitrogens is 1. The third-order valence-corrected chi connectivity index (χ3v) is 1.14. The largest absolute Gasteiger partial charge is 0.392 e. The summed E-state index contributed by atoms with van der Waals surface area (Å²) < 4.78 is 0. The summed E-state index contributed by atoms with van der Waals surface area (Å²) in [6.07, 6.45) is 4.90. The standard InChI is InChI=1S/C9H10N2O/c1-2-7-12-11-8-9-5-3-4-6-10-9/h2-6,8H,1,7H2. The van der Waals surface area contributed by atoms with Gasteiger partial charge in [0, 0.05) is 6.20 Å². The first-order chi connectivity index (χ1) is 5.93. The van der Waals surface area contributed by atoms with Gasteiger partial charge in [0.2, 0.25) is 0 Å². The summed E-state index contributed by atoms with van der Waals surface area (Å²) in [5.74, 6) is 0. The number of hydrogen-bond acceptors (Lipinski definition) is 3. The molecule has 1 heterocycles. The van der Waals surface area contributed by atoms with Crippen LogP contribution in [-0.2, 0) is 4.84 Å². The molecule has 0 aliphatic heterocycles. The molecule has 0 fully saturated rings. The summed E-state index contributed by atoms with van der Waals surface area (Å²) >= 11 is 0. The lowest BCUT2D eigenvalue weighted by molar-refractivity contribution is 0.176. The molecule has 3 nitrogen and oxygen atoms in total. The summed E-state index contributed by atoms with van der Waals surface area (Å²) in [5.41, 5.74) is 0.779. The van der Waals surface area contributed by atoms with Crippen molar-refractivity contribution in [2.45, 2.75) is 0 Å². The quantitative estimate of drug-likeness (QED) is 0.292. The molecule has 62 valence electrons. The molecule has 0 unspecified atom stereocenters. The van der Waals surface area contributed by atoms with Crippen molar-refractivity contribution in [2.75, 3.05) is 6.61 Å². The third-order valence-electron chi connectivity index (χ3n) is 1.14. The molecule has 0 aromatic carbocycles. The normalized spacial score (nSPS) is 10.0. The zero-order valence-electron chi connectivity index (χ0n) is 6.68. The zero-order chi connectivity index (χ0) is 8.65. The van der Waals surface area contributed by atoms with Gasteiger partial charge in [-0.2, -0.15) is 0 Å². The molecule has 12 heavy (non-hydrogen) atoms. The molecule has 0 atom stereocenters. The highest BCUT2D eigenvalue weighted by atomic mass is 16.6. The Labute approximate surface area is 71.4 Å². The first-order valence-corrected chi connectivity index (χ1v) is 3.61. The molecule has 0 aliphatic rings. The highest BCUT2D eigenvalue weighted by Gasteiger charge is 1.83. The van der Waals surface area contributed by atoms with Gasteiger partial charge in [-0.05, 0) is 12.1 Å². The minimum Gasteiger partial charge on any atom is -0.392 e. The smallest absolute Gasteiger partial charge is 0.135 e. The molecule has 0 amide bonds. The Bertz CT molecular complexity index is 256. The predicted octanol–water partition coefficient (Wildman–Crippen LogP) is 1.62. The van der Waals surface area contributed by atoms with E-state index in [4.69, 9.17) is 4.84 Å². The molecular weight excluding hydrogens is 152 g/mol. The van der Waals surface area contributed by atoms with Gasteiger partial charge in [-0.1, -0.05) is 23.9 Å². The van der Waals surface area contributed by atoms with Crippen molar-refractivity contribution in [1.29, 1.82) is 0 Å². The molecule has 1 rings (SSSR count). The van der Waals surface area contributed by atoms with Crippen LogP contribution in [0.15, 0.2) is 42.2 Å². The molecule has 3 heteroatoms. The number of rotatable bonds is 4. The maximum absolute atomic E-state index is 4.80. The van der Waals surface area contributed by atoms with E-state index < -0.39 is 0 Å². The lowest BCUT2D eigenvalue weighted by Crippen LogP contribution is -1.87. The topological polar surface area (TPSA) is 34.5 Å². The van der Waals surface area contributed by atoms with E-state index in [1.807, 2.05) is 18.2 Å². The Morgan fingerprint density at radius 3 is 3.17 bits per heavy atom. The number of pyridine rings is 1. The van der Waals surface area contributed by atoms with Gasteiger partial charge in [0.05, 0.1) is 11.9 Å². The van der Waals surface area contributed by atoms with E-state index >= 15 is 0 Å². The fourth-order valence-electron chi connectivity index (χ4n) is 0.639. The first-order valence-electron chi connectivity index (χ1n) is 3.61. The number of oxime groups is 1. The van der Waals surface area contributed by atoms with Crippen LogP contribution in [-0.4, -0.2) is 17.8 Å². The Balaban J connectivity index is 2.41. The maximum atomic E-state index is 4.80. The monoisotopic (exact) mass is 162 g/mol. The summed E-state index contributed by atoms with van der Waals surface area (Å²) in [6, 6.07) is 5.59. The Morgan fingerprint density at radius 2 is 2.50 bits per heavy atom. The average Bonchev–Trinajstić information content (AvgIpc) is 2.14. The number of nitrogens with zero attached hydrogens (tertiary/aromatic N) is 2. The molecular formula is C9H10N2O. The van der Waals surface area contributed by atoms with Crippen LogP contribution in [0.1, 0.15) is 5.69 Å². The molecule has 0 bridgehead atoms. The van der Waals surface area contributed by atoms with Gasteiger partial charge in [0.1, 0.15) is 6.61 Å². The van der Waals surface area contributed by atoms with Crippen molar-refractivity contribution >= 4 is 6.21 Å². The highest BCUT2D eigenvalue weighted by Crippen LogP contribution is 1.88. The minimum absolute atomic E-state index is 0.420. The summed E-state index contributed by atoms with van der Waals surface area (Å²) in [4.78, 5) is 8.82. The second-order valence-electron chi connectivity index (χ2n) is 2.07. The molecule has 0 N–H and O–H groups in total. The van der Waals surface area contributed by atoms with Crippen LogP contribution in [0.4, 0.5) is 0 Å². The van der Waals surface area contributed by atoms with Crippen LogP contribution in [0, 0.1) is 0 Å². The molecule has 0 aliphatic carbocycles. The molecule has 0 radical (unpaired) electrons. The van der Waals surface area contributed by atoms with E-state index in [1.165, 1.54) is 0 Å². The van der Waals surface area contributed by atoms with E-state index in [0.717, 1.165) is 5.69 Å². The fourth-order valence-corrected chi connectivity index (χ4v) is 0.639. The van der Waals surface area contributed by atoms with Crippen LogP contribution >= 0.6 is 0 Å². The Kier molecular flexibility index (Phi) is 3.57. The molecule has 0 spiro atoms. The second kappa shape index (κ2) is 5.07. The van der Waals surface area contributed by atoms with E-state index in [9.17, 15) is 0 Å². The maximum Gasteiger partial charge on any atom is 0.135 e. The van der Waals surface area contributed by atoms with Crippen molar-refractivity contribution < 1.29 is 4.84 Å². The highest BCUT2D eigenvalue weighted by molar-refractivity contribution is 5.76. The average molecular weight is 162 g/mol. The van der Waals surface area contributed by atoms with Gasteiger partial charge >= 0.3 is 0 Å². The molecule has 0 saturated heterocycles. The number of hydrogen-bond donors (Lipinski definition) is 0. The lowest BCUT2D eigenvalue weighted by Gasteiger charge is -1.91. The van der Waals surface area contributed by atoms with Crippen LogP contribution < -0.4 is 0 Å². The molecule has 1 aromatic heterocycles. The Hall–Kier alpha value is -1.64. The summed E-state index contributed by atoms with van der Waals surface area (Å²) in [5, 5.41) is 3.67. The van der Waals surface area contributed by atoms with Crippen molar-refractivity contribution in [3.05, 3.63) is 42.7 Å². The van der Waals surface area contributed by atoms with E-state index in [1.54, 1.807) is 18.5 Å². The zero-order valence-corrected chi connectivity index (χ0v) is 6.68. The SMILES string of the molecule is C=CCON=Cc1ccccn1. The fraction of sp³-hybridized carbons (Fsp3) is 0.111. The van der Waals surface area contributed by atoms with Crippen LogP contribution in [0.2, 0.25) is 0 Å². The summed E-state index contributed by atoms with van der Waals surface area (Å²) in [7, 11) is 0. The molecule has 1 aromatic rings. The van der Waals surface area contributed by atoms with Gasteiger partial charge in [0.25, 0.3) is 0 Å². The van der Waals surface area contributed by atoms with Crippen molar-refractivity contribution in [1.82, 2.24) is 4.98 Å². The summed E-state index contributed by atoms with van der Waals surface area (Å²) in [6.45, 7) is 3.91. The van der Waals surface area contributed by atoms with Crippen LogP contribution in [0.5, 0.6) is 0 Å². The van der Waals surface area contributed by atoms with Crippen molar-refractivity contribution in [3.63, 3.8) is 0 Å². The minimum atomic E-state index is 0.420. The Morgan fingerprint density at radius 1 is 1.58 bits per heavy atom.